The molecular formula is C24H27F2N3O. The van der Waals surface area contributed by atoms with Gasteiger partial charge in [-0.25, -0.2) is 8.78 Å². The van der Waals surface area contributed by atoms with Gasteiger partial charge in [0, 0.05) is 62.5 Å². The number of carbonyl (C=O) groups excluding carboxylic acids is 1. The number of nitrogens with zero attached hydrogens (tertiary/aromatic N) is 3. The third-order valence-electron chi connectivity index (χ3n) is 6.85. The minimum Gasteiger partial charge on any atom is -0.341 e. The fraction of sp³-hybridized carbons (Fsp3) is 0.458. The Morgan fingerprint density at radius 2 is 1.73 bits per heavy atom. The summed E-state index contributed by atoms with van der Waals surface area (Å²) in [5.41, 5.74) is 3.00. The van der Waals surface area contributed by atoms with E-state index in [-0.39, 0.29) is 29.5 Å². The molecule has 0 radical (unpaired) electrons. The maximum atomic E-state index is 14.1. The van der Waals surface area contributed by atoms with Crippen molar-refractivity contribution in [3.05, 3.63) is 59.7 Å². The number of hydrogen-bond donors (Lipinski definition) is 0. The van der Waals surface area contributed by atoms with E-state index in [1.807, 2.05) is 11.0 Å². The van der Waals surface area contributed by atoms with E-state index >= 15 is 0 Å². The molecule has 2 saturated heterocycles. The summed E-state index contributed by atoms with van der Waals surface area (Å²) in [6.45, 7) is 4.29. The summed E-state index contributed by atoms with van der Waals surface area (Å²) in [5, 5.41) is 0. The minimum atomic E-state index is -0.254. The van der Waals surface area contributed by atoms with E-state index in [0.717, 1.165) is 68.9 Å². The number of hydrogen-bond acceptors (Lipinski definition) is 3. The number of carbonyl (C=O) groups is 1. The minimum absolute atomic E-state index is 0.201. The summed E-state index contributed by atoms with van der Waals surface area (Å²) in [7, 11) is 0. The van der Waals surface area contributed by atoms with Crippen molar-refractivity contribution in [3.8, 4) is 0 Å². The zero-order valence-electron chi connectivity index (χ0n) is 17.1. The Labute approximate surface area is 176 Å². The molecule has 0 spiro atoms. The molecule has 4 nitrogen and oxygen atoms in total. The molecule has 30 heavy (non-hydrogen) atoms. The van der Waals surface area contributed by atoms with Gasteiger partial charge in [0.05, 0.1) is 0 Å². The number of fused-ring (bicyclic) bond motifs is 3. The van der Waals surface area contributed by atoms with Crippen LogP contribution in [0.1, 0.15) is 37.2 Å². The summed E-state index contributed by atoms with van der Waals surface area (Å²) in [5.74, 6) is -0.00105. The number of amides is 1. The third-order valence-corrected chi connectivity index (χ3v) is 6.85. The van der Waals surface area contributed by atoms with E-state index in [1.54, 1.807) is 18.2 Å². The molecule has 158 valence electrons. The summed E-state index contributed by atoms with van der Waals surface area (Å²) >= 11 is 0. The molecule has 5 rings (SSSR count). The average molecular weight is 411 g/mol. The van der Waals surface area contributed by atoms with Gasteiger partial charge in [0.2, 0.25) is 5.91 Å². The van der Waals surface area contributed by atoms with E-state index < -0.39 is 0 Å². The Bertz CT molecular complexity index is 933. The Morgan fingerprint density at radius 1 is 0.933 bits per heavy atom. The van der Waals surface area contributed by atoms with Crippen LogP contribution in [0, 0.1) is 11.6 Å². The molecule has 2 aromatic rings. The molecular weight excluding hydrogens is 384 g/mol. The second kappa shape index (κ2) is 7.99. The SMILES string of the molecule is O=C1CCCCN1CCN1CCC2C(C1)c1cc(F)ccc1N2c1ccc(F)cc1. The Kier molecular flexibility index (Phi) is 5.19. The number of rotatable bonds is 4. The van der Waals surface area contributed by atoms with Gasteiger partial charge in [0.1, 0.15) is 11.6 Å². The summed E-state index contributed by atoms with van der Waals surface area (Å²) in [6.07, 6.45) is 3.72. The first-order valence-corrected chi connectivity index (χ1v) is 10.9. The van der Waals surface area contributed by atoms with E-state index in [2.05, 4.69) is 9.80 Å². The van der Waals surface area contributed by atoms with Gasteiger partial charge in [0.15, 0.2) is 0 Å². The highest BCUT2D eigenvalue weighted by Crippen LogP contribution is 2.48. The topological polar surface area (TPSA) is 26.8 Å². The van der Waals surface area contributed by atoms with Crippen molar-refractivity contribution in [2.75, 3.05) is 37.6 Å². The van der Waals surface area contributed by atoms with Gasteiger partial charge < -0.3 is 14.7 Å². The van der Waals surface area contributed by atoms with Gasteiger partial charge in [-0.15, -0.1) is 0 Å². The molecule has 2 unspecified atom stereocenters. The van der Waals surface area contributed by atoms with Gasteiger partial charge in [-0.05, 0) is 67.3 Å². The summed E-state index contributed by atoms with van der Waals surface area (Å²) in [6, 6.07) is 11.8. The van der Waals surface area contributed by atoms with Crippen molar-refractivity contribution in [3.63, 3.8) is 0 Å². The van der Waals surface area contributed by atoms with Crippen molar-refractivity contribution >= 4 is 17.3 Å². The average Bonchev–Trinajstić information content (AvgIpc) is 3.07. The van der Waals surface area contributed by atoms with Crippen LogP contribution >= 0.6 is 0 Å². The standard InChI is InChI=1S/C24H27F2N3O/c25-17-4-7-19(8-5-17)29-22-9-6-18(26)15-20(22)21-16-27(12-10-23(21)29)13-14-28-11-2-1-3-24(28)30/h4-9,15,21,23H,1-3,10-14,16H2. The van der Waals surface area contributed by atoms with Crippen LogP contribution < -0.4 is 4.90 Å². The second-order valence-electron chi connectivity index (χ2n) is 8.65. The first-order chi connectivity index (χ1) is 14.6. The molecule has 2 atom stereocenters. The van der Waals surface area contributed by atoms with Crippen LogP contribution in [0.5, 0.6) is 0 Å². The van der Waals surface area contributed by atoms with Crippen LogP contribution in [-0.4, -0.2) is 54.5 Å². The lowest BCUT2D eigenvalue weighted by Gasteiger charge is -2.40. The van der Waals surface area contributed by atoms with Crippen LogP contribution in [0.4, 0.5) is 20.2 Å². The fourth-order valence-electron chi connectivity index (χ4n) is 5.34. The summed E-state index contributed by atoms with van der Waals surface area (Å²) < 4.78 is 27.6. The lowest BCUT2D eigenvalue weighted by molar-refractivity contribution is -0.133. The molecule has 0 aliphatic carbocycles. The Balaban J connectivity index is 1.36. The molecule has 2 fully saturated rings. The van der Waals surface area contributed by atoms with E-state index in [1.165, 1.54) is 18.2 Å². The van der Waals surface area contributed by atoms with E-state index in [0.29, 0.717) is 6.42 Å². The number of benzene rings is 2. The molecule has 0 bridgehead atoms. The molecule has 0 N–H and O–H groups in total. The molecule has 0 saturated carbocycles. The number of halogens is 2. The van der Waals surface area contributed by atoms with Gasteiger partial charge in [-0.1, -0.05) is 0 Å². The maximum Gasteiger partial charge on any atom is 0.222 e. The highest BCUT2D eigenvalue weighted by atomic mass is 19.1. The van der Waals surface area contributed by atoms with Crippen LogP contribution in [0.25, 0.3) is 0 Å². The zero-order valence-corrected chi connectivity index (χ0v) is 17.1. The molecule has 3 aliphatic heterocycles. The van der Waals surface area contributed by atoms with Gasteiger partial charge in [0.25, 0.3) is 0 Å². The number of anilines is 2. The van der Waals surface area contributed by atoms with Gasteiger partial charge in [-0.3, -0.25) is 4.79 Å². The smallest absolute Gasteiger partial charge is 0.222 e. The van der Waals surface area contributed by atoms with Crippen molar-refractivity contribution < 1.29 is 13.6 Å². The normalized spacial score (nSPS) is 24.1. The largest absolute Gasteiger partial charge is 0.341 e. The highest BCUT2D eigenvalue weighted by molar-refractivity contribution is 5.76. The molecule has 3 aliphatic rings. The van der Waals surface area contributed by atoms with Crippen molar-refractivity contribution in [1.82, 2.24) is 9.80 Å². The van der Waals surface area contributed by atoms with Crippen LogP contribution in [-0.2, 0) is 4.79 Å². The van der Waals surface area contributed by atoms with E-state index in [4.69, 9.17) is 0 Å². The monoisotopic (exact) mass is 411 g/mol. The van der Waals surface area contributed by atoms with Gasteiger partial charge >= 0.3 is 0 Å². The van der Waals surface area contributed by atoms with Crippen molar-refractivity contribution in [2.45, 2.75) is 37.6 Å². The maximum absolute atomic E-state index is 14.1. The van der Waals surface area contributed by atoms with Crippen molar-refractivity contribution in [2.24, 2.45) is 0 Å². The van der Waals surface area contributed by atoms with Crippen molar-refractivity contribution in [1.29, 1.82) is 0 Å². The molecule has 3 heterocycles. The first kappa shape index (κ1) is 19.5. The molecule has 0 aromatic heterocycles. The van der Waals surface area contributed by atoms with Crippen LogP contribution in [0.3, 0.4) is 0 Å². The van der Waals surface area contributed by atoms with E-state index in [9.17, 15) is 13.6 Å². The predicted octanol–water partition coefficient (Wildman–Crippen LogP) is 4.29. The Hall–Kier alpha value is -2.47. The number of likely N-dealkylation sites (tertiary alicyclic amines) is 2. The second-order valence-corrected chi connectivity index (χ2v) is 8.65. The van der Waals surface area contributed by atoms with Crippen LogP contribution in [0.15, 0.2) is 42.5 Å². The quantitative estimate of drug-likeness (QED) is 0.751. The predicted molar refractivity (Wildman–Crippen MR) is 113 cm³/mol. The molecule has 2 aromatic carbocycles. The third kappa shape index (κ3) is 3.58. The lowest BCUT2D eigenvalue weighted by Crippen LogP contribution is -2.48. The highest BCUT2D eigenvalue weighted by Gasteiger charge is 2.42. The first-order valence-electron chi connectivity index (χ1n) is 10.9. The van der Waals surface area contributed by atoms with Gasteiger partial charge in [-0.2, -0.15) is 0 Å². The number of piperidine rings is 2. The Morgan fingerprint density at radius 3 is 2.53 bits per heavy atom. The zero-order chi connectivity index (χ0) is 20.7. The molecule has 1 amide bonds. The summed E-state index contributed by atoms with van der Waals surface area (Å²) in [4.78, 5) is 18.8. The fourth-order valence-corrected chi connectivity index (χ4v) is 5.34. The van der Waals surface area contributed by atoms with Crippen LogP contribution in [0.2, 0.25) is 0 Å². The lowest BCUT2D eigenvalue weighted by atomic mass is 9.89. The molecule has 6 heteroatoms.